The Labute approximate surface area is 160 Å². The van der Waals surface area contributed by atoms with Crippen molar-refractivity contribution < 1.29 is 9.59 Å². The third-order valence-corrected chi connectivity index (χ3v) is 7.16. The third kappa shape index (κ3) is 3.07. The zero-order chi connectivity index (χ0) is 18.4. The molecule has 4 saturated carbocycles. The second kappa shape index (κ2) is 6.47. The van der Waals surface area contributed by atoms with Crippen LogP contribution in [0.4, 0.5) is 0 Å². The van der Waals surface area contributed by atoms with Crippen LogP contribution in [-0.4, -0.2) is 23.4 Å². The van der Waals surface area contributed by atoms with Crippen molar-refractivity contribution in [3.8, 4) is 0 Å². The van der Waals surface area contributed by atoms with Gasteiger partial charge >= 0.3 is 0 Å². The fraction of sp³-hybridized carbons (Fsp3) is 0.591. The molecule has 4 aliphatic carbocycles. The molecule has 0 aromatic heterocycles. The second-order valence-corrected chi connectivity index (χ2v) is 9.17. The number of carbonyl (C=O) groups is 2. The highest BCUT2D eigenvalue weighted by Crippen LogP contribution is 2.60. The summed E-state index contributed by atoms with van der Waals surface area (Å²) >= 11 is 0. The van der Waals surface area contributed by atoms with Crippen LogP contribution < -0.4 is 10.7 Å². The summed E-state index contributed by atoms with van der Waals surface area (Å²) in [5, 5.41) is 7.26. The van der Waals surface area contributed by atoms with Crippen molar-refractivity contribution in [1.82, 2.24) is 10.7 Å². The van der Waals surface area contributed by atoms with Crippen LogP contribution in [0.15, 0.2) is 35.4 Å². The van der Waals surface area contributed by atoms with Crippen LogP contribution in [0.2, 0.25) is 0 Å². The van der Waals surface area contributed by atoms with E-state index in [-0.39, 0.29) is 17.1 Å². The van der Waals surface area contributed by atoms with Crippen molar-refractivity contribution in [3.63, 3.8) is 0 Å². The zero-order valence-electron chi connectivity index (χ0n) is 15.6. The molecular weight excluding hydrogens is 338 g/mol. The number of rotatable bonds is 5. The molecule has 142 valence electrons. The van der Waals surface area contributed by atoms with Crippen molar-refractivity contribution >= 4 is 17.4 Å². The lowest BCUT2D eigenvalue weighted by molar-refractivity contribution is -0.136. The molecule has 1 unspecified atom stereocenters. The molecule has 0 spiro atoms. The molecule has 1 aromatic rings. The Kier molecular flexibility index (Phi) is 4.06. The van der Waals surface area contributed by atoms with E-state index in [0.29, 0.717) is 18.7 Å². The van der Waals surface area contributed by atoms with Gasteiger partial charge in [0, 0.05) is 18.4 Å². The summed E-state index contributed by atoms with van der Waals surface area (Å²) in [4.78, 5) is 25.8. The summed E-state index contributed by atoms with van der Waals surface area (Å²) in [6, 6.07) is 9.42. The molecule has 4 fully saturated rings. The molecule has 0 radical (unpaired) electrons. The fourth-order valence-corrected chi connectivity index (χ4v) is 6.34. The number of Topliss-reactive ketones (excluding diaryl/α,β-unsaturated/α-hetero) is 1. The van der Waals surface area contributed by atoms with E-state index in [1.807, 2.05) is 30.3 Å². The fourth-order valence-electron chi connectivity index (χ4n) is 6.34. The van der Waals surface area contributed by atoms with Crippen molar-refractivity contribution in [2.24, 2.45) is 28.3 Å². The number of nitrogens with one attached hydrogen (secondary N) is 2. The van der Waals surface area contributed by atoms with Gasteiger partial charge in [0.25, 0.3) is 0 Å². The summed E-state index contributed by atoms with van der Waals surface area (Å²) in [7, 11) is 0. The molecule has 0 saturated heterocycles. The van der Waals surface area contributed by atoms with Gasteiger partial charge in [0.15, 0.2) is 5.78 Å². The van der Waals surface area contributed by atoms with E-state index in [1.165, 1.54) is 19.3 Å². The third-order valence-electron chi connectivity index (χ3n) is 7.16. The molecule has 1 aromatic carbocycles. The summed E-state index contributed by atoms with van der Waals surface area (Å²) < 4.78 is 0. The highest BCUT2D eigenvalue weighted by molar-refractivity contribution is 6.42. The Morgan fingerprint density at radius 1 is 1.04 bits per heavy atom. The minimum absolute atomic E-state index is 0.0871. The van der Waals surface area contributed by atoms with E-state index in [1.54, 1.807) is 0 Å². The number of nitrogens with zero attached hydrogens (tertiary/aromatic N) is 1. The van der Waals surface area contributed by atoms with Crippen molar-refractivity contribution in [2.45, 2.75) is 57.5 Å². The lowest BCUT2D eigenvalue weighted by Gasteiger charge is -2.55. The van der Waals surface area contributed by atoms with Gasteiger partial charge in [0.1, 0.15) is 11.8 Å². The largest absolute Gasteiger partial charge is 0.350 e. The summed E-state index contributed by atoms with van der Waals surface area (Å²) in [5.41, 5.74) is 4.39. The normalized spacial score (nSPS) is 36.2. The van der Waals surface area contributed by atoms with Gasteiger partial charge < -0.3 is 5.32 Å². The SMILES string of the molecule is O=C(NCc1ccccc1)C1CC(C(=O)C23CC4CC(CC(C4)C2)C3)=NN1. The number of benzene rings is 1. The van der Waals surface area contributed by atoms with Crippen LogP contribution in [0.25, 0.3) is 0 Å². The maximum atomic E-state index is 13.3. The molecule has 5 aliphatic rings. The number of amides is 1. The van der Waals surface area contributed by atoms with Gasteiger partial charge in [-0.1, -0.05) is 30.3 Å². The topological polar surface area (TPSA) is 70.6 Å². The molecular formula is C22H27N3O2. The monoisotopic (exact) mass is 365 g/mol. The molecule has 6 rings (SSSR count). The molecule has 1 amide bonds. The van der Waals surface area contributed by atoms with E-state index in [0.717, 1.165) is 42.6 Å². The molecule has 5 nitrogen and oxygen atoms in total. The zero-order valence-corrected chi connectivity index (χ0v) is 15.6. The Balaban J connectivity index is 1.20. The molecule has 2 N–H and O–H groups in total. The van der Waals surface area contributed by atoms with Crippen LogP contribution >= 0.6 is 0 Å². The Hall–Kier alpha value is -2.17. The summed E-state index contributed by atoms with van der Waals surface area (Å²) in [6.07, 6.45) is 7.51. The first-order valence-corrected chi connectivity index (χ1v) is 10.3. The van der Waals surface area contributed by atoms with Gasteiger partial charge in [-0.15, -0.1) is 0 Å². The van der Waals surface area contributed by atoms with Gasteiger partial charge in [-0.05, 0) is 61.8 Å². The van der Waals surface area contributed by atoms with Crippen LogP contribution in [0.5, 0.6) is 0 Å². The Morgan fingerprint density at radius 3 is 2.30 bits per heavy atom. The quantitative estimate of drug-likeness (QED) is 0.843. The first-order valence-electron chi connectivity index (χ1n) is 10.3. The minimum atomic E-state index is -0.429. The van der Waals surface area contributed by atoms with Crippen LogP contribution in [-0.2, 0) is 16.1 Å². The second-order valence-electron chi connectivity index (χ2n) is 9.17. The Morgan fingerprint density at radius 2 is 1.67 bits per heavy atom. The molecule has 27 heavy (non-hydrogen) atoms. The van der Waals surface area contributed by atoms with E-state index in [4.69, 9.17) is 0 Å². The van der Waals surface area contributed by atoms with Crippen molar-refractivity contribution in [1.29, 1.82) is 0 Å². The van der Waals surface area contributed by atoms with E-state index in [2.05, 4.69) is 15.8 Å². The van der Waals surface area contributed by atoms with Crippen LogP contribution in [0, 0.1) is 23.2 Å². The van der Waals surface area contributed by atoms with Gasteiger partial charge in [-0.25, -0.2) is 0 Å². The highest BCUT2D eigenvalue weighted by atomic mass is 16.2. The first kappa shape index (κ1) is 17.0. The van der Waals surface area contributed by atoms with Crippen LogP contribution in [0.1, 0.15) is 50.5 Å². The van der Waals surface area contributed by atoms with Gasteiger partial charge in [-0.3, -0.25) is 15.0 Å². The lowest BCUT2D eigenvalue weighted by atomic mass is 9.48. The Bertz CT molecular complexity index is 751. The van der Waals surface area contributed by atoms with E-state index in [9.17, 15) is 9.59 Å². The highest BCUT2D eigenvalue weighted by Gasteiger charge is 2.55. The predicted molar refractivity (Wildman–Crippen MR) is 103 cm³/mol. The standard InChI is InChI=1S/C22H27N3O2/c26-20(22-10-15-6-16(11-22)8-17(7-15)12-22)18-9-19(25-24-18)21(27)23-13-14-4-2-1-3-5-14/h1-5,15-17,19,25H,6-13H2,(H,23,27). The van der Waals surface area contributed by atoms with Crippen LogP contribution in [0.3, 0.4) is 0 Å². The van der Waals surface area contributed by atoms with Gasteiger partial charge in [0.05, 0.1) is 0 Å². The number of ketones is 1. The average Bonchev–Trinajstić information content (AvgIpc) is 3.15. The average molecular weight is 365 g/mol. The van der Waals surface area contributed by atoms with Gasteiger partial charge in [-0.2, -0.15) is 5.10 Å². The maximum Gasteiger partial charge on any atom is 0.244 e. The molecule has 1 atom stereocenters. The summed E-state index contributed by atoms with van der Waals surface area (Å²) in [5.74, 6) is 2.35. The van der Waals surface area contributed by atoms with Crippen molar-refractivity contribution in [3.05, 3.63) is 35.9 Å². The summed E-state index contributed by atoms with van der Waals surface area (Å²) in [6.45, 7) is 0.496. The molecule has 4 bridgehead atoms. The minimum Gasteiger partial charge on any atom is -0.350 e. The molecule has 1 heterocycles. The molecule has 5 heteroatoms. The van der Waals surface area contributed by atoms with E-state index < -0.39 is 6.04 Å². The first-order chi connectivity index (χ1) is 13.1. The lowest BCUT2D eigenvalue weighted by Crippen LogP contribution is -2.52. The number of carbonyl (C=O) groups excluding carboxylic acids is 2. The molecule has 1 aliphatic heterocycles. The predicted octanol–water partition coefficient (Wildman–Crippen LogP) is 2.81. The van der Waals surface area contributed by atoms with Gasteiger partial charge in [0.2, 0.25) is 5.91 Å². The smallest absolute Gasteiger partial charge is 0.244 e. The van der Waals surface area contributed by atoms with E-state index >= 15 is 0 Å². The van der Waals surface area contributed by atoms with Crippen molar-refractivity contribution in [2.75, 3.05) is 0 Å². The number of hydrazone groups is 1. The number of hydrogen-bond donors (Lipinski definition) is 2. The number of hydrogen-bond acceptors (Lipinski definition) is 4. The maximum absolute atomic E-state index is 13.3.